The number of benzene rings is 2. The summed E-state index contributed by atoms with van der Waals surface area (Å²) >= 11 is 0. The van der Waals surface area contributed by atoms with E-state index < -0.39 is 18.0 Å². The Morgan fingerprint density at radius 2 is 1.84 bits per heavy atom. The first kappa shape index (κ1) is 17.0. The van der Waals surface area contributed by atoms with Gasteiger partial charge in [-0.25, -0.2) is 9.59 Å². The molecule has 0 saturated carbocycles. The van der Waals surface area contributed by atoms with Gasteiger partial charge in [-0.2, -0.15) is 0 Å². The third-order valence-corrected chi connectivity index (χ3v) is 4.18. The Balaban J connectivity index is 1.65. The maximum atomic E-state index is 12.1. The molecule has 0 amide bonds. The second kappa shape index (κ2) is 7.81. The Morgan fingerprint density at radius 1 is 1.12 bits per heavy atom. The number of nitrogens with zero attached hydrogens (tertiary/aromatic N) is 1. The molecule has 0 aromatic heterocycles. The van der Waals surface area contributed by atoms with Crippen LogP contribution >= 0.6 is 0 Å². The van der Waals surface area contributed by atoms with E-state index in [0.29, 0.717) is 18.7 Å². The summed E-state index contributed by atoms with van der Waals surface area (Å²) in [7, 11) is 0. The van der Waals surface area contributed by atoms with E-state index in [1.54, 1.807) is 24.3 Å². The van der Waals surface area contributed by atoms with Crippen LogP contribution in [0.25, 0.3) is 0 Å². The van der Waals surface area contributed by atoms with E-state index in [-0.39, 0.29) is 6.61 Å². The number of rotatable bonds is 5. The zero-order valence-electron chi connectivity index (χ0n) is 13.7. The fourth-order valence-corrected chi connectivity index (χ4v) is 2.83. The van der Waals surface area contributed by atoms with Gasteiger partial charge in [-0.05, 0) is 29.8 Å². The largest absolute Gasteiger partial charge is 0.480 e. The molecule has 2 aromatic carbocycles. The molecule has 6 heteroatoms. The van der Waals surface area contributed by atoms with Gasteiger partial charge in [0.1, 0.15) is 12.6 Å². The smallest absolute Gasteiger partial charge is 0.338 e. The minimum atomic E-state index is -0.862. The molecule has 1 aliphatic heterocycles. The van der Waals surface area contributed by atoms with E-state index in [0.717, 1.165) is 17.8 Å². The second-order valence-electron chi connectivity index (χ2n) is 5.86. The summed E-state index contributed by atoms with van der Waals surface area (Å²) in [6.07, 6.45) is 0. The van der Waals surface area contributed by atoms with Gasteiger partial charge in [0.15, 0.2) is 0 Å². The molecule has 1 unspecified atom stereocenters. The molecule has 1 saturated heterocycles. The quantitative estimate of drug-likeness (QED) is 0.810. The number of carbonyl (C=O) groups excluding carboxylic acids is 1. The van der Waals surface area contributed by atoms with Gasteiger partial charge < -0.3 is 20.1 Å². The molecular formula is C19H20N2O4. The third kappa shape index (κ3) is 4.16. The standard InChI is InChI=1S/C19H20N2O4/c22-18(23)17-12-20-10-11-21(17)16-8-6-15(7-9-16)19(24)25-13-14-4-2-1-3-5-14/h1-9,17,20H,10-13H2,(H,22,23). The van der Waals surface area contributed by atoms with Crippen molar-refractivity contribution in [1.29, 1.82) is 0 Å². The van der Waals surface area contributed by atoms with Crippen LogP contribution < -0.4 is 10.2 Å². The van der Waals surface area contributed by atoms with Crippen LogP contribution in [-0.4, -0.2) is 42.7 Å². The van der Waals surface area contributed by atoms with Crippen molar-refractivity contribution in [3.05, 3.63) is 65.7 Å². The predicted octanol–water partition coefficient (Wildman–Crippen LogP) is 1.91. The number of piperazine rings is 1. The number of ether oxygens (including phenoxy) is 1. The number of carboxylic acid groups (broad SMARTS) is 1. The number of carbonyl (C=O) groups is 2. The van der Waals surface area contributed by atoms with Gasteiger partial charge in [0, 0.05) is 25.3 Å². The fourth-order valence-electron chi connectivity index (χ4n) is 2.83. The summed E-state index contributed by atoms with van der Waals surface area (Å²) in [6.45, 7) is 1.95. The molecule has 6 nitrogen and oxygen atoms in total. The lowest BCUT2D eigenvalue weighted by Crippen LogP contribution is -2.55. The van der Waals surface area contributed by atoms with Gasteiger partial charge in [0.25, 0.3) is 0 Å². The minimum Gasteiger partial charge on any atom is -0.480 e. The van der Waals surface area contributed by atoms with E-state index in [2.05, 4.69) is 5.32 Å². The van der Waals surface area contributed by atoms with Gasteiger partial charge >= 0.3 is 11.9 Å². The molecule has 1 fully saturated rings. The lowest BCUT2D eigenvalue weighted by molar-refractivity contribution is -0.138. The molecule has 1 atom stereocenters. The zero-order chi connectivity index (χ0) is 17.6. The highest BCUT2D eigenvalue weighted by molar-refractivity contribution is 5.90. The Kier molecular flexibility index (Phi) is 5.30. The molecule has 130 valence electrons. The van der Waals surface area contributed by atoms with Crippen LogP contribution in [0.5, 0.6) is 0 Å². The molecule has 2 N–H and O–H groups in total. The Labute approximate surface area is 146 Å². The number of anilines is 1. The predicted molar refractivity (Wildman–Crippen MR) is 93.6 cm³/mol. The molecule has 0 aliphatic carbocycles. The van der Waals surface area contributed by atoms with Gasteiger partial charge in [-0.15, -0.1) is 0 Å². The molecular weight excluding hydrogens is 320 g/mol. The van der Waals surface area contributed by atoms with Crippen LogP contribution in [0.1, 0.15) is 15.9 Å². The van der Waals surface area contributed by atoms with Gasteiger partial charge in [0.05, 0.1) is 5.56 Å². The Hall–Kier alpha value is -2.86. The molecule has 25 heavy (non-hydrogen) atoms. The molecule has 2 aromatic rings. The van der Waals surface area contributed by atoms with E-state index >= 15 is 0 Å². The average Bonchev–Trinajstić information content (AvgIpc) is 2.67. The van der Waals surface area contributed by atoms with Gasteiger partial charge in [-0.3, -0.25) is 0 Å². The number of hydrogen-bond donors (Lipinski definition) is 2. The third-order valence-electron chi connectivity index (χ3n) is 4.18. The van der Waals surface area contributed by atoms with Crippen molar-refractivity contribution in [2.45, 2.75) is 12.6 Å². The first-order valence-electron chi connectivity index (χ1n) is 8.16. The topological polar surface area (TPSA) is 78.9 Å². The highest BCUT2D eigenvalue weighted by Gasteiger charge is 2.28. The molecule has 3 rings (SSSR count). The number of hydrogen-bond acceptors (Lipinski definition) is 5. The summed E-state index contributed by atoms with van der Waals surface area (Å²) in [5.74, 6) is -1.26. The van der Waals surface area contributed by atoms with E-state index in [1.807, 2.05) is 35.2 Å². The van der Waals surface area contributed by atoms with Crippen LogP contribution in [0.4, 0.5) is 5.69 Å². The lowest BCUT2D eigenvalue weighted by atomic mass is 10.1. The van der Waals surface area contributed by atoms with Crippen molar-refractivity contribution >= 4 is 17.6 Å². The number of aliphatic carboxylic acids is 1. The first-order chi connectivity index (χ1) is 12.1. The van der Waals surface area contributed by atoms with Crippen LogP contribution in [0.2, 0.25) is 0 Å². The number of nitrogens with one attached hydrogen (secondary N) is 1. The second-order valence-corrected chi connectivity index (χ2v) is 5.86. The molecule has 0 spiro atoms. The lowest BCUT2D eigenvalue weighted by Gasteiger charge is -2.35. The summed E-state index contributed by atoms with van der Waals surface area (Å²) in [5.41, 5.74) is 2.16. The molecule has 0 bridgehead atoms. The van der Waals surface area contributed by atoms with Crippen molar-refractivity contribution in [3.63, 3.8) is 0 Å². The number of carboxylic acids is 1. The summed E-state index contributed by atoms with van der Waals surface area (Å²) in [6, 6.07) is 15.7. The monoisotopic (exact) mass is 340 g/mol. The van der Waals surface area contributed by atoms with Crippen molar-refractivity contribution in [2.75, 3.05) is 24.5 Å². The summed E-state index contributed by atoms with van der Waals surface area (Å²) < 4.78 is 5.30. The average molecular weight is 340 g/mol. The highest BCUT2D eigenvalue weighted by Crippen LogP contribution is 2.20. The fraction of sp³-hybridized carbons (Fsp3) is 0.263. The van der Waals surface area contributed by atoms with Crippen LogP contribution in [0, 0.1) is 0 Å². The Bertz CT molecular complexity index is 731. The van der Waals surface area contributed by atoms with Crippen LogP contribution in [0.15, 0.2) is 54.6 Å². The van der Waals surface area contributed by atoms with Crippen LogP contribution in [-0.2, 0) is 16.1 Å². The molecule has 1 heterocycles. The first-order valence-corrected chi connectivity index (χ1v) is 8.16. The maximum Gasteiger partial charge on any atom is 0.338 e. The highest BCUT2D eigenvalue weighted by atomic mass is 16.5. The maximum absolute atomic E-state index is 12.1. The molecule has 1 aliphatic rings. The van der Waals surface area contributed by atoms with E-state index in [4.69, 9.17) is 4.74 Å². The molecule has 0 radical (unpaired) electrons. The summed E-state index contributed by atoms with van der Waals surface area (Å²) in [5, 5.41) is 12.4. The summed E-state index contributed by atoms with van der Waals surface area (Å²) in [4.78, 5) is 25.3. The SMILES string of the molecule is O=C(OCc1ccccc1)c1ccc(N2CCNCC2C(=O)O)cc1. The van der Waals surface area contributed by atoms with Crippen molar-refractivity contribution in [2.24, 2.45) is 0 Å². The van der Waals surface area contributed by atoms with Crippen LogP contribution in [0.3, 0.4) is 0 Å². The van der Waals surface area contributed by atoms with E-state index in [1.165, 1.54) is 0 Å². The van der Waals surface area contributed by atoms with Gasteiger partial charge in [-0.1, -0.05) is 30.3 Å². The van der Waals surface area contributed by atoms with Crippen molar-refractivity contribution in [3.8, 4) is 0 Å². The van der Waals surface area contributed by atoms with Crippen molar-refractivity contribution < 1.29 is 19.4 Å². The minimum absolute atomic E-state index is 0.223. The normalized spacial score (nSPS) is 17.1. The van der Waals surface area contributed by atoms with E-state index in [9.17, 15) is 14.7 Å². The van der Waals surface area contributed by atoms with Crippen molar-refractivity contribution in [1.82, 2.24) is 5.32 Å². The number of esters is 1. The van der Waals surface area contributed by atoms with Gasteiger partial charge in [0.2, 0.25) is 0 Å². The zero-order valence-corrected chi connectivity index (χ0v) is 13.7. The Morgan fingerprint density at radius 3 is 2.52 bits per heavy atom.